The van der Waals surface area contributed by atoms with Gasteiger partial charge in [0.15, 0.2) is 0 Å². The van der Waals surface area contributed by atoms with E-state index in [1.165, 1.54) is 0 Å². The predicted molar refractivity (Wildman–Crippen MR) is 75.4 cm³/mol. The SMILES string of the molecule is [Cl][Pt+].[c-]1c(-c2ccccn2)cncc1-c1ccccn1. The molecular weight excluding hydrogens is 453 g/mol. The van der Waals surface area contributed by atoms with Crippen molar-refractivity contribution in [3.8, 4) is 22.5 Å². The summed E-state index contributed by atoms with van der Waals surface area (Å²) in [4.78, 5) is 12.8. The molecule has 0 N–H and O–H groups in total. The predicted octanol–water partition coefficient (Wildman–Crippen LogP) is 3.69. The first-order valence-corrected chi connectivity index (χ1v) is 8.57. The summed E-state index contributed by atoms with van der Waals surface area (Å²) in [5, 5.41) is 0. The standard InChI is InChI=1S/C15H10N3.ClH.Pt/c1-3-7-17-14(5-1)12-9-13(11-16-10-12)15-6-2-4-8-18-15;;/h1-8,10-11H;1H;/q-1;;+2/p-1. The summed E-state index contributed by atoms with van der Waals surface area (Å²) in [6.07, 6.45) is 7.04. The van der Waals surface area contributed by atoms with Crippen molar-refractivity contribution in [1.82, 2.24) is 15.0 Å². The van der Waals surface area contributed by atoms with E-state index in [0.29, 0.717) is 0 Å². The van der Waals surface area contributed by atoms with Crippen LogP contribution >= 0.6 is 9.42 Å². The summed E-state index contributed by atoms with van der Waals surface area (Å²) in [6.45, 7) is 0. The first-order valence-electron chi connectivity index (χ1n) is 5.75. The Hall–Kier alpha value is -1.57. The molecule has 0 fully saturated rings. The number of aromatic nitrogens is 3. The van der Waals surface area contributed by atoms with Crippen LogP contribution in [-0.2, 0) is 18.8 Å². The van der Waals surface area contributed by atoms with E-state index < -0.39 is 0 Å². The average molecular weight is 463 g/mol. The summed E-state index contributed by atoms with van der Waals surface area (Å²) in [7, 11) is 4.61. The Bertz CT molecular complexity index is 593. The largest absolute Gasteiger partial charge is 0.341 e. The molecule has 3 aromatic rings. The maximum absolute atomic E-state index is 4.61. The topological polar surface area (TPSA) is 38.7 Å². The van der Waals surface area contributed by atoms with E-state index in [1.807, 2.05) is 36.4 Å². The fourth-order valence-corrected chi connectivity index (χ4v) is 1.70. The molecule has 3 rings (SSSR count). The molecule has 5 heteroatoms. The minimum atomic E-state index is 0.864. The monoisotopic (exact) mass is 462 g/mol. The Morgan fingerprint density at radius 3 is 1.70 bits per heavy atom. The second-order valence-electron chi connectivity index (χ2n) is 3.79. The van der Waals surface area contributed by atoms with Gasteiger partial charge in [0.25, 0.3) is 0 Å². The summed E-state index contributed by atoms with van der Waals surface area (Å²) < 4.78 is 0. The molecule has 0 spiro atoms. The van der Waals surface area contributed by atoms with Crippen LogP contribution in [-0.4, -0.2) is 15.0 Å². The van der Waals surface area contributed by atoms with Crippen LogP contribution in [0.5, 0.6) is 0 Å². The maximum Gasteiger partial charge on any atom is 0.0183 e. The zero-order chi connectivity index (χ0) is 14.2. The normalized spacial score (nSPS) is 9.55. The van der Waals surface area contributed by atoms with Crippen molar-refractivity contribution >= 4 is 9.42 Å². The van der Waals surface area contributed by atoms with Crippen LogP contribution in [0.1, 0.15) is 0 Å². The van der Waals surface area contributed by atoms with Crippen LogP contribution in [0.2, 0.25) is 0 Å². The molecule has 3 heterocycles. The molecule has 20 heavy (non-hydrogen) atoms. The second kappa shape index (κ2) is 7.88. The minimum Gasteiger partial charge on any atom is -0.341 e. The average Bonchev–Trinajstić information content (AvgIpc) is 2.58. The molecular formula is C15H10ClN3Pt. The molecule has 3 aromatic heterocycles. The van der Waals surface area contributed by atoms with Gasteiger partial charge < -0.3 is 4.98 Å². The van der Waals surface area contributed by atoms with Crippen molar-refractivity contribution in [2.24, 2.45) is 0 Å². The Morgan fingerprint density at radius 1 is 0.800 bits per heavy atom. The van der Waals surface area contributed by atoms with Gasteiger partial charge in [-0.05, 0) is 24.5 Å². The van der Waals surface area contributed by atoms with Crippen LogP contribution in [0.4, 0.5) is 0 Å². The first kappa shape index (κ1) is 14.8. The molecule has 0 bridgehead atoms. The molecule has 0 saturated carbocycles. The van der Waals surface area contributed by atoms with Gasteiger partial charge in [-0.3, -0.25) is 9.97 Å². The Labute approximate surface area is 132 Å². The van der Waals surface area contributed by atoms with Gasteiger partial charge in [0.05, 0.1) is 0 Å². The van der Waals surface area contributed by atoms with Crippen LogP contribution in [0, 0.1) is 6.07 Å². The Balaban J connectivity index is 0.000000704. The fourth-order valence-electron chi connectivity index (χ4n) is 1.70. The molecule has 0 aromatic carbocycles. The van der Waals surface area contributed by atoms with Crippen LogP contribution in [0.25, 0.3) is 22.5 Å². The number of rotatable bonds is 2. The summed E-state index contributed by atoms with van der Waals surface area (Å²) >= 11 is 1.61. The van der Waals surface area contributed by atoms with Gasteiger partial charge in [0, 0.05) is 23.8 Å². The Morgan fingerprint density at radius 2 is 1.30 bits per heavy atom. The third kappa shape index (κ3) is 3.72. The van der Waals surface area contributed by atoms with E-state index in [4.69, 9.17) is 0 Å². The van der Waals surface area contributed by atoms with E-state index in [-0.39, 0.29) is 0 Å². The van der Waals surface area contributed by atoms with Gasteiger partial charge in [0.1, 0.15) is 0 Å². The van der Waals surface area contributed by atoms with E-state index >= 15 is 0 Å². The summed E-state index contributed by atoms with van der Waals surface area (Å²) in [6, 6.07) is 14.8. The van der Waals surface area contributed by atoms with Crippen LogP contribution < -0.4 is 0 Å². The van der Waals surface area contributed by atoms with Crippen LogP contribution in [0.15, 0.2) is 61.2 Å². The molecule has 0 amide bonds. The van der Waals surface area contributed by atoms with E-state index in [1.54, 1.807) is 43.6 Å². The van der Waals surface area contributed by atoms with E-state index in [0.717, 1.165) is 22.5 Å². The van der Waals surface area contributed by atoms with Crippen LogP contribution in [0.3, 0.4) is 0 Å². The van der Waals surface area contributed by atoms with Crippen molar-refractivity contribution in [1.29, 1.82) is 0 Å². The molecule has 0 atom stereocenters. The molecule has 0 radical (unpaired) electrons. The first-order chi connectivity index (χ1) is 9.93. The smallest absolute Gasteiger partial charge is 0.0183 e. The third-order valence-electron chi connectivity index (χ3n) is 2.56. The summed E-state index contributed by atoms with van der Waals surface area (Å²) in [5.41, 5.74) is 3.48. The van der Waals surface area contributed by atoms with E-state index in [9.17, 15) is 0 Å². The third-order valence-corrected chi connectivity index (χ3v) is 2.56. The maximum atomic E-state index is 4.61. The zero-order valence-corrected chi connectivity index (χ0v) is 13.3. The zero-order valence-electron chi connectivity index (χ0n) is 10.3. The van der Waals surface area contributed by atoms with Gasteiger partial charge in [0.2, 0.25) is 0 Å². The van der Waals surface area contributed by atoms with Crippen molar-refractivity contribution in [3.63, 3.8) is 0 Å². The number of pyridine rings is 3. The number of hydrogen-bond donors (Lipinski definition) is 0. The molecule has 3 nitrogen and oxygen atoms in total. The van der Waals surface area contributed by atoms with Crippen molar-refractivity contribution < 1.29 is 18.8 Å². The molecule has 0 aliphatic carbocycles. The van der Waals surface area contributed by atoms with Gasteiger partial charge in [-0.2, -0.15) is 0 Å². The summed E-state index contributed by atoms with van der Waals surface area (Å²) in [5.74, 6) is 0. The molecule has 0 aliphatic rings. The number of nitrogens with zero attached hydrogens (tertiary/aromatic N) is 3. The van der Waals surface area contributed by atoms with Gasteiger partial charge in [-0.25, -0.2) is 0 Å². The van der Waals surface area contributed by atoms with E-state index in [2.05, 4.69) is 30.4 Å². The van der Waals surface area contributed by atoms with Crippen molar-refractivity contribution in [2.75, 3.05) is 0 Å². The van der Waals surface area contributed by atoms with Crippen molar-refractivity contribution in [2.45, 2.75) is 0 Å². The molecule has 102 valence electrons. The number of hydrogen-bond acceptors (Lipinski definition) is 3. The Kier molecular flexibility index (Phi) is 5.84. The molecule has 0 saturated heterocycles. The minimum absolute atomic E-state index is 0.864. The fraction of sp³-hybridized carbons (Fsp3) is 0. The van der Waals surface area contributed by atoms with Crippen molar-refractivity contribution in [3.05, 3.63) is 67.3 Å². The number of halogens is 1. The van der Waals surface area contributed by atoms with Gasteiger partial charge in [-0.15, -0.1) is 6.07 Å². The van der Waals surface area contributed by atoms with Gasteiger partial charge in [-0.1, -0.05) is 35.4 Å². The molecule has 0 unspecified atom stereocenters. The quantitative estimate of drug-likeness (QED) is 0.545. The second-order valence-corrected chi connectivity index (χ2v) is 3.79. The van der Waals surface area contributed by atoms with Gasteiger partial charge >= 0.3 is 28.2 Å². The molecule has 0 aliphatic heterocycles.